The highest BCUT2D eigenvalue weighted by Gasteiger charge is 2.13. The van der Waals surface area contributed by atoms with Gasteiger partial charge in [0.2, 0.25) is 5.16 Å². The molecule has 0 unspecified atom stereocenters. The van der Waals surface area contributed by atoms with Gasteiger partial charge in [0.1, 0.15) is 6.54 Å². The summed E-state index contributed by atoms with van der Waals surface area (Å²) in [6.45, 7) is -0.0532. The fourth-order valence-electron chi connectivity index (χ4n) is 0.990. The van der Waals surface area contributed by atoms with Crippen molar-refractivity contribution in [3.8, 4) is 0 Å². The van der Waals surface area contributed by atoms with Crippen LogP contribution in [-0.2, 0) is 16.1 Å². The lowest BCUT2D eigenvalue weighted by atomic mass is 10.7. The van der Waals surface area contributed by atoms with E-state index in [-0.39, 0.29) is 6.54 Å². The molecule has 8 nitrogen and oxygen atoms in total. The Bertz CT molecular complexity index is 545. The van der Waals surface area contributed by atoms with Crippen LogP contribution in [0, 0.1) is 0 Å². The normalized spacial score (nSPS) is 10.3. The van der Waals surface area contributed by atoms with Crippen LogP contribution in [-0.4, -0.2) is 43.3 Å². The second-order valence-corrected chi connectivity index (χ2v) is 4.83. The Morgan fingerprint density at radius 1 is 1.50 bits per heavy atom. The predicted octanol–water partition coefficient (Wildman–Crippen LogP) is 0.550. The predicted molar refractivity (Wildman–Crippen MR) is 63.7 cm³/mol. The lowest BCUT2D eigenvalue weighted by molar-refractivity contribution is -0.141. The molecule has 0 aliphatic carbocycles. The number of tetrazole rings is 1. The molecule has 2 aromatic heterocycles. The van der Waals surface area contributed by atoms with Crippen LogP contribution < -0.4 is 0 Å². The molecule has 0 radical (unpaired) electrons. The minimum Gasteiger partial charge on any atom is -0.468 e. The molecule has 0 saturated heterocycles. The Balaban J connectivity index is 2.12. The molecular formula is C8H7BrN6O2S. The van der Waals surface area contributed by atoms with Crippen LogP contribution in [0.5, 0.6) is 0 Å². The molecule has 10 heteroatoms. The van der Waals surface area contributed by atoms with E-state index in [4.69, 9.17) is 0 Å². The molecular weight excluding hydrogens is 324 g/mol. The number of hydrogen-bond donors (Lipinski definition) is 0. The summed E-state index contributed by atoms with van der Waals surface area (Å²) in [5, 5.41) is 11.9. The topological polar surface area (TPSA) is 95.7 Å². The van der Waals surface area contributed by atoms with Crippen LogP contribution in [0.1, 0.15) is 0 Å². The number of carbonyl (C=O) groups excluding carboxylic acids is 1. The smallest absolute Gasteiger partial charge is 0.327 e. The van der Waals surface area contributed by atoms with E-state index in [1.165, 1.54) is 11.8 Å². The summed E-state index contributed by atoms with van der Waals surface area (Å²) in [6.07, 6.45) is 3.23. The molecule has 0 N–H and O–H groups in total. The Morgan fingerprint density at radius 2 is 2.22 bits per heavy atom. The fourth-order valence-corrected chi connectivity index (χ4v) is 1.85. The third kappa shape index (κ3) is 3.23. The van der Waals surface area contributed by atoms with Crippen LogP contribution >= 0.6 is 27.7 Å². The van der Waals surface area contributed by atoms with Crippen LogP contribution in [0.15, 0.2) is 27.2 Å². The van der Waals surface area contributed by atoms with Gasteiger partial charge in [-0.3, -0.25) is 4.79 Å². The monoisotopic (exact) mass is 330 g/mol. The van der Waals surface area contributed by atoms with E-state index in [2.05, 4.69) is 46.2 Å². The van der Waals surface area contributed by atoms with Gasteiger partial charge in [-0.05, 0) is 38.1 Å². The summed E-state index contributed by atoms with van der Waals surface area (Å²) >= 11 is 4.40. The first kappa shape index (κ1) is 12.9. The molecule has 0 amide bonds. The zero-order valence-electron chi connectivity index (χ0n) is 9.15. The van der Waals surface area contributed by atoms with E-state index in [1.807, 2.05) is 0 Å². The van der Waals surface area contributed by atoms with Crippen molar-refractivity contribution < 1.29 is 9.53 Å². The number of ether oxygens (including phenoxy) is 1. The fraction of sp³-hybridized carbons (Fsp3) is 0.250. The number of nitrogens with zero attached hydrogens (tertiary/aromatic N) is 6. The summed E-state index contributed by atoms with van der Waals surface area (Å²) in [5.41, 5.74) is 0. The minimum absolute atomic E-state index is 0.0532. The van der Waals surface area contributed by atoms with Gasteiger partial charge in [-0.15, -0.1) is 5.10 Å². The molecule has 0 aromatic carbocycles. The van der Waals surface area contributed by atoms with Gasteiger partial charge in [-0.1, -0.05) is 0 Å². The Labute approximate surface area is 114 Å². The van der Waals surface area contributed by atoms with Crippen molar-refractivity contribution in [1.82, 2.24) is 30.2 Å². The van der Waals surface area contributed by atoms with Crippen molar-refractivity contribution >= 4 is 33.7 Å². The van der Waals surface area contributed by atoms with Gasteiger partial charge in [0.25, 0.3) is 0 Å². The first-order valence-corrected chi connectivity index (χ1v) is 6.28. The molecule has 0 fully saturated rings. The number of esters is 1. The Hall–Kier alpha value is -1.55. The maximum Gasteiger partial charge on any atom is 0.327 e. The van der Waals surface area contributed by atoms with Crippen LogP contribution in [0.3, 0.4) is 0 Å². The second kappa shape index (κ2) is 5.87. The van der Waals surface area contributed by atoms with Gasteiger partial charge in [0.15, 0.2) is 5.16 Å². The van der Waals surface area contributed by atoms with E-state index in [9.17, 15) is 4.79 Å². The van der Waals surface area contributed by atoms with Crippen molar-refractivity contribution in [1.29, 1.82) is 0 Å². The zero-order valence-corrected chi connectivity index (χ0v) is 11.6. The highest BCUT2D eigenvalue weighted by molar-refractivity contribution is 9.10. The third-order valence-corrected chi connectivity index (χ3v) is 3.06. The first-order chi connectivity index (χ1) is 8.69. The third-order valence-electron chi connectivity index (χ3n) is 1.78. The summed E-state index contributed by atoms with van der Waals surface area (Å²) < 4.78 is 6.64. The highest BCUT2D eigenvalue weighted by atomic mass is 79.9. The molecule has 0 aliphatic heterocycles. The van der Waals surface area contributed by atoms with Crippen LogP contribution in [0.2, 0.25) is 0 Å². The van der Waals surface area contributed by atoms with Crippen molar-refractivity contribution in [2.45, 2.75) is 16.9 Å². The van der Waals surface area contributed by atoms with Crippen LogP contribution in [0.25, 0.3) is 0 Å². The van der Waals surface area contributed by atoms with Crippen molar-refractivity contribution in [2.24, 2.45) is 0 Å². The van der Waals surface area contributed by atoms with Gasteiger partial charge in [0, 0.05) is 12.4 Å². The lowest BCUT2D eigenvalue weighted by Crippen LogP contribution is -2.13. The molecule has 0 bridgehead atoms. The van der Waals surface area contributed by atoms with Gasteiger partial charge in [0.05, 0.1) is 11.6 Å². The number of hydrogen-bond acceptors (Lipinski definition) is 8. The summed E-state index contributed by atoms with van der Waals surface area (Å²) in [6, 6.07) is 0. The van der Waals surface area contributed by atoms with E-state index < -0.39 is 5.97 Å². The molecule has 0 aliphatic rings. The minimum atomic E-state index is -0.430. The number of rotatable bonds is 4. The standard InChI is InChI=1S/C8H7BrN6O2S/c1-17-6(16)4-15-8(12-13-14-15)18-7-10-2-5(9)3-11-7/h2-3H,4H2,1H3. The molecule has 2 rings (SSSR count). The van der Waals surface area contributed by atoms with Gasteiger partial charge in [-0.2, -0.15) is 0 Å². The zero-order chi connectivity index (χ0) is 13.0. The Kier molecular flexibility index (Phi) is 4.20. The number of methoxy groups -OCH3 is 1. The number of carbonyl (C=O) groups is 1. The van der Waals surface area contributed by atoms with E-state index in [0.29, 0.717) is 10.3 Å². The SMILES string of the molecule is COC(=O)Cn1nnnc1Sc1ncc(Br)cn1. The quantitative estimate of drug-likeness (QED) is 0.592. The lowest BCUT2D eigenvalue weighted by Gasteiger charge is -2.01. The van der Waals surface area contributed by atoms with Gasteiger partial charge in [-0.25, -0.2) is 14.6 Å². The second-order valence-electron chi connectivity index (χ2n) is 2.98. The van der Waals surface area contributed by atoms with Crippen molar-refractivity contribution in [2.75, 3.05) is 7.11 Å². The summed E-state index contributed by atoms with van der Waals surface area (Å²) in [7, 11) is 1.30. The Morgan fingerprint density at radius 3 is 2.89 bits per heavy atom. The summed E-state index contributed by atoms with van der Waals surface area (Å²) in [4.78, 5) is 19.3. The molecule has 0 saturated carbocycles. The number of aromatic nitrogens is 6. The largest absolute Gasteiger partial charge is 0.468 e. The maximum absolute atomic E-state index is 11.1. The molecule has 18 heavy (non-hydrogen) atoms. The van der Waals surface area contributed by atoms with Gasteiger partial charge >= 0.3 is 5.97 Å². The highest BCUT2D eigenvalue weighted by Crippen LogP contribution is 2.21. The van der Waals surface area contributed by atoms with Crippen LogP contribution in [0.4, 0.5) is 0 Å². The average Bonchev–Trinajstić information content (AvgIpc) is 2.79. The average molecular weight is 331 g/mol. The molecule has 94 valence electrons. The first-order valence-electron chi connectivity index (χ1n) is 4.67. The van der Waals surface area contributed by atoms with Gasteiger partial charge < -0.3 is 4.74 Å². The van der Waals surface area contributed by atoms with E-state index in [0.717, 1.165) is 16.2 Å². The van der Waals surface area contributed by atoms with E-state index in [1.54, 1.807) is 12.4 Å². The maximum atomic E-state index is 11.1. The molecule has 0 atom stereocenters. The van der Waals surface area contributed by atoms with E-state index >= 15 is 0 Å². The molecule has 2 heterocycles. The number of halogens is 1. The molecule has 2 aromatic rings. The molecule has 0 spiro atoms. The van der Waals surface area contributed by atoms with Crippen molar-refractivity contribution in [3.63, 3.8) is 0 Å². The van der Waals surface area contributed by atoms with Crippen molar-refractivity contribution in [3.05, 3.63) is 16.9 Å². The summed E-state index contributed by atoms with van der Waals surface area (Å²) in [5.74, 6) is -0.430.